The Morgan fingerprint density at radius 2 is 2.04 bits per heavy atom. The van der Waals surface area contributed by atoms with Gasteiger partial charge in [0.15, 0.2) is 0 Å². The fourth-order valence-corrected chi connectivity index (χ4v) is 3.65. The van der Waals surface area contributed by atoms with Crippen LogP contribution in [-0.2, 0) is 14.3 Å². The minimum atomic E-state index is -0.738. The van der Waals surface area contributed by atoms with Crippen molar-refractivity contribution in [2.45, 2.75) is 32.7 Å². The van der Waals surface area contributed by atoms with Crippen molar-refractivity contribution in [3.05, 3.63) is 34.7 Å². The molecule has 1 aromatic rings. The summed E-state index contributed by atoms with van der Waals surface area (Å²) in [6.45, 7) is 4.41. The van der Waals surface area contributed by atoms with E-state index >= 15 is 0 Å². The second kappa shape index (κ2) is 9.01. The molecule has 0 unspecified atom stereocenters. The van der Waals surface area contributed by atoms with Crippen LogP contribution in [0.25, 0.3) is 6.08 Å². The summed E-state index contributed by atoms with van der Waals surface area (Å²) in [7, 11) is 1.29. The Bertz CT molecular complexity index is 685. The molecule has 1 amide bonds. The van der Waals surface area contributed by atoms with Crippen LogP contribution in [-0.4, -0.2) is 40.9 Å². The molecule has 0 spiro atoms. The van der Waals surface area contributed by atoms with Gasteiger partial charge < -0.3 is 9.47 Å². The van der Waals surface area contributed by atoms with E-state index in [4.69, 9.17) is 21.7 Å². The van der Waals surface area contributed by atoms with Crippen LogP contribution < -0.4 is 4.74 Å². The molecule has 1 fully saturated rings. The molecule has 0 saturated carbocycles. The predicted octanol–water partition coefficient (Wildman–Crippen LogP) is 3.63. The van der Waals surface area contributed by atoms with Gasteiger partial charge in [-0.3, -0.25) is 9.69 Å². The van der Waals surface area contributed by atoms with E-state index in [0.717, 1.165) is 24.2 Å². The van der Waals surface area contributed by atoms with Crippen LogP contribution in [0.1, 0.15) is 32.3 Å². The number of hydrogen-bond donors (Lipinski definition) is 0. The van der Waals surface area contributed by atoms with Gasteiger partial charge in [-0.25, -0.2) is 4.79 Å². The number of carbonyl (C=O) groups is 2. The second-order valence-electron chi connectivity index (χ2n) is 5.52. The Labute approximate surface area is 157 Å². The van der Waals surface area contributed by atoms with Gasteiger partial charge in [-0.05, 0) is 37.1 Å². The number of benzene rings is 1. The number of thiocarbonyl (C=S) groups is 1. The molecule has 7 heteroatoms. The molecule has 0 aliphatic carbocycles. The number of carbonyl (C=O) groups excluding carboxylic acids is 2. The van der Waals surface area contributed by atoms with Crippen molar-refractivity contribution in [1.82, 2.24) is 4.90 Å². The molecule has 0 N–H and O–H groups in total. The third-order valence-corrected chi connectivity index (χ3v) is 5.03. The third-order valence-electron chi connectivity index (χ3n) is 3.70. The van der Waals surface area contributed by atoms with Gasteiger partial charge in [0.25, 0.3) is 5.91 Å². The SMILES string of the molecule is CCCCOc1ccc(/C=C2\SC(=S)N([C@@H](C)C(=O)OC)C2=O)cc1. The number of nitrogens with zero attached hydrogens (tertiary/aromatic N) is 1. The van der Waals surface area contributed by atoms with Crippen LogP contribution in [0.15, 0.2) is 29.2 Å². The fraction of sp³-hybridized carbons (Fsp3) is 0.389. The monoisotopic (exact) mass is 379 g/mol. The first-order chi connectivity index (χ1) is 12.0. The Morgan fingerprint density at radius 3 is 2.64 bits per heavy atom. The van der Waals surface area contributed by atoms with Crippen LogP contribution in [0.5, 0.6) is 5.75 Å². The first-order valence-electron chi connectivity index (χ1n) is 8.05. The van der Waals surface area contributed by atoms with Crippen LogP contribution >= 0.6 is 24.0 Å². The van der Waals surface area contributed by atoms with E-state index in [1.165, 1.54) is 23.8 Å². The summed E-state index contributed by atoms with van der Waals surface area (Å²) in [5.41, 5.74) is 0.870. The minimum absolute atomic E-state index is 0.281. The number of hydrogen-bond acceptors (Lipinski definition) is 6. The van der Waals surface area contributed by atoms with E-state index in [0.29, 0.717) is 15.8 Å². The number of esters is 1. The molecule has 0 radical (unpaired) electrons. The van der Waals surface area contributed by atoms with Gasteiger partial charge in [0.2, 0.25) is 0 Å². The van der Waals surface area contributed by atoms with E-state index in [2.05, 4.69) is 6.92 Å². The summed E-state index contributed by atoms with van der Waals surface area (Å²) in [5.74, 6) is 0.0276. The Hall–Kier alpha value is -1.86. The van der Waals surface area contributed by atoms with Crippen molar-refractivity contribution in [3.63, 3.8) is 0 Å². The number of rotatable bonds is 7. The van der Waals surface area contributed by atoms with Crippen LogP contribution in [0, 0.1) is 0 Å². The average Bonchev–Trinajstić information content (AvgIpc) is 2.89. The number of amides is 1. The van der Waals surface area contributed by atoms with Crippen LogP contribution in [0.2, 0.25) is 0 Å². The lowest BCUT2D eigenvalue weighted by Gasteiger charge is -2.20. The maximum Gasteiger partial charge on any atom is 0.328 e. The Balaban J connectivity index is 2.09. The Kier molecular flexibility index (Phi) is 7.01. The molecule has 1 aliphatic heterocycles. The first kappa shape index (κ1) is 19.5. The Morgan fingerprint density at radius 1 is 1.36 bits per heavy atom. The molecule has 2 rings (SSSR count). The molecule has 0 bridgehead atoms. The van der Waals surface area contributed by atoms with Crippen molar-refractivity contribution in [2.75, 3.05) is 13.7 Å². The lowest BCUT2D eigenvalue weighted by Crippen LogP contribution is -2.42. The summed E-state index contributed by atoms with van der Waals surface area (Å²) in [4.78, 5) is 26.0. The van der Waals surface area contributed by atoms with Crippen molar-refractivity contribution in [1.29, 1.82) is 0 Å². The van der Waals surface area contributed by atoms with Gasteiger partial charge in [-0.15, -0.1) is 0 Å². The molecule has 134 valence electrons. The smallest absolute Gasteiger partial charge is 0.328 e. The standard InChI is InChI=1S/C18H21NO4S2/c1-4-5-10-23-14-8-6-13(7-9-14)11-15-16(20)19(18(24)25-15)12(2)17(21)22-3/h6-9,11-12H,4-5,10H2,1-3H3/b15-11-/t12-/m0/s1. The number of methoxy groups -OCH3 is 1. The normalized spacial score (nSPS) is 17.1. The zero-order valence-corrected chi connectivity index (χ0v) is 16.1. The van der Waals surface area contributed by atoms with Crippen molar-refractivity contribution >= 4 is 46.3 Å². The summed E-state index contributed by atoms with van der Waals surface area (Å²) < 4.78 is 10.7. The molecule has 25 heavy (non-hydrogen) atoms. The highest BCUT2D eigenvalue weighted by Gasteiger charge is 2.38. The predicted molar refractivity (Wildman–Crippen MR) is 103 cm³/mol. The lowest BCUT2D eigenvalue weighted by atomic mass is 10.2. The van der Waals surface area contributed by atoms with E-state index < -0.39 is 12.0 Å². The zero-order valence-electron chi connectivity index (χ0n) is 14.5. The summed E-state index contributed by atoms with van der Waals surface area (Å²) in [5, 5.41) is 0. The van der Waals surface area contributed by atoms with Crippen LogP contribution in [0.3, 0.4) is 0 Å². The molecule has 1 saturated heterocycles. The largest absolute Gasteiger partial charge is 0.494 e. The molecule has 1 aliphatic rings. The van der Waals surface area contributed by atoms with Crippen molar-refractivity contribution < 1.29 is 19.1 Å². The highest BCUT2D eigenvalue weighted by Crippen LogP contribution is 2.34. The second-order valence-corrected chi connectivity index (χ2v) is 7.20. The maximum absolute atomic E-state index is 12.5. The quantitative estimate of drug-likeness (QED) is 0.312. The van der Waals surface area contributed by atoms with Gasteiger partial charge in [-0.2, -0.15) is 0 Å². The van der Waals surface area contributed by atoms with Gasteiger partial charge in [-0.1, -0.05) is 49.5 Å². The van der Waals surface area contributed by atoms with Gasteiger partial charge in [0.05, 0.1) is 18.6 Å². The van der Waals surface area contributed by atoms with Crippen molar-refractivity contribution in [2.24, 2.45) is 0 Å². The number of ether oxygens (including phenoxy) is 2. The molecular formula is C18H21NO4S2. The number of thioether (sulfide) groups is 1. The van der Waals surface area contributed by atoms with Gasteiger partial charge in [0.1, 0.15) is 16.1 Å². The average molecular weight is 380 g/mol. The first-order valence-corrected chi connectivity index (χ1v) is 9.28. The highest BCUT2D eigenvalue weighted by atomic mass is 32.2. The number of unbranched alkanes of at least 4 members (excludes halogenated alkanes) is 1. The molecule has 5 nitrogen and oxygen atoms in total. The zero-order chi connectivity index (χ0) is 18.4. The van der Waals surface area contributed by atoms with E-state index in [1.54, 1.807) is 13.0 Å². The molecule has 1 atom stereocenters. The molecule has 0 aromatic heterocycles. The van der Waals surface area contributed by atoms with Crippen LogP contribution in [0.4, 0.5) is 0 Å². The summed E-state index contributed by atoms with van der Waals surface area (Å²) in [6, 6.07) is 6.78. The summed E-state index contributed by atoms with van der Waals surface area (Å²) in [6.07, 6.45) is 3.87. The van der Waals surface area contributed by atoms with E-state index in [1.807, 2.05) is 24.3 Å². The topological polar surface area (TPSA) is 55.8 Å². The minimum Gasteiger partial charge on any atom is -0.494 e. The lowest BCUT2D eigenvalue weighted by molar-refractivity contribution is -0.147. The molecule has 1 aromatic carbocycles. The highest BCUT2D eigenvalue weighted by molar-refractivity contribution is 8.26. The fourth-order valence-electron chi connectivity index (χ4n) is 2.24. The van der Waals surface area contributed by atoms with Gasteiger partial charge in [0, 0.05) is 0 Å². The van der Waals surface area contributed by atoms with E-state index in [-0.39, 0.29) is 5.91 Å². The van der Waals surface area contributed by atoms with Gasteiger partial charge >= 0.3 is 5.97 Å². The van der Waals surface area contributed by atoms with E-state index in [9.17, 15) is 9.59 Å². The molecule has 1 heterocycles. The molecular weight excluding hydrogens is 358 g/mol. The third kappa shape index (κ3) is 4.83. The maximum atomic E-state index is 12.5. The summed E-state index contributed by atoms with van der Waals surface area (Å²) >= 11 is 6.42. The van der Waals surface area contributed by atoms with Crippen molar-refractivity contribution in [3.8, 4) is 5.75 Å².